The van der Waals surface area contributed by atoms with Crippen LogP contribution in [0.25, 0.3) is 0 Å². The monoisotopic (exact) mass is 276 g/mol. The molecule has 1 aliphatic rings. The molecule has 6 heteroatoms. The first kappa shape index (κ1) is 12.0. The SMILES string of the molecule is Nc1cnc(Cl)nc1NC1CCOc2ccccc21. The molecule has 2 aromatic rings. The number of anilines is 2. The Hall–Kier alpha value is -2.01. The van der Waals surface area contributed by atoms with Crippen LogP contribution in [-0.2, 0) is 0 Å². The predicted octanol–water partition coefficient (Wildman–Crippen LogP) is 2.65. The molecule has 1 aliphatic heterocycles. The predicted molar refractivity (Wildman–Crippen MR) is 74.4 cm³/mol. The molecule has 1 aromatic heterocycles. The molecule has 0 saturated heterocycles. The number of halogens is 1. The summed E-state index contributed by atoms with van der Waals surface area (Å²) in [5.41, 5.74) is 7.43. The van der Waals surface area contributed by atoms with Crippen LogP contribution in [0, 0.1) is 0 Å². The second-order valence-electron chi connectivity index (χ2n) is 4.31. The summed E-state index contributed by atoms with van der Waals surface area (Å²) in [5.74, 6) is 1.45. The number of nitrogen functional groups attached to an aromatic ring is 1. The Morgan fingerprint density at radius 2 is 2.21 bits per heavy atom. The maximum atomic E-state index is 5.85. The van der Waals surface area contributed by atoms with E-state index in [0.717, 1.165) is 17.7 Å². The standard InChI is InChI=1S/C13H13ClN4O/c14-13-16-7-9(15)12(18-13)17-10-5-6-19-11-4-2-1-3-8(10)11/h1-4,7,10H,5-6,15H2,(H,16,17,18). The van der Waals surface area contributed by atoms with Gasteiger partial charge in [-0.3, -0.25) is 0 Å². The first-order chi connectivity index (χ1) is 9.24. The summed E-state index contributed by atoms with van der Waals surface area (Å²) in [6, 6.07) is 8.04. The molecule has 98 valence electrons. The second kappa shape index (κ2) is 4.93. The van der Waals surface area contributed by atoms with Crippen LogP contribution >= 0.6 is 11.6 Å². The van der Waals surface area contributed by atoms with Gasteiger partial charge in [-0.25, -0.2) is 4.98 Å². The Balaban J connectivity index is 1.90. The molecule has 1 aromatic carbocycles. The molecular weight excluding hydrogens is 264 g/mol. The van der Waals surface area contributed by atoms with Crippen molar-refractivity contribution in [1.29, 1.82) is 0 Å². The molecule has 0 aliphatic carbocycles. The first-order valence-electron chi connectivity index (χ1n) is 6.00. The van der Waals surface area contributed by atoms with Gasteiger partial charge in [0.05, 0.1) is 24.5 Å². The van der Waals surface area contributed by atoms with E-state index in [4.69, 9.17) is 22.1 Å². The minimum absolute atomic E-state index is 0.109. The van der Waals surface area contributed by atoms with Gasteiger partial charge >= 0.3 is 0 Å². The fourth-order valence-electron chi connectivity index (χ4n) is 2.14. The lowest BCUT2D eigenvalue weighted by atomic mass is 10.0. The molecule has 1 atom stereocenters. The van der Waals surface area contributed by atoms with Gasteiger partial charge < -0.3 is 15.8 Å². The Morgan fingerprint density at radius 3 is 3.11 bits per heavy atom. The Labute approximate surface area is 115 Å². The number of benzene rings is 1. The summed E-state index contributed by atoms with van der Waals surface area (Å²) in [6.45, 7) is 0.660. The van der Waals surface area contributed by atoms with Crippen molar-refractivity contribution in [2.75, 3.05) is 17.7 Å². The zero-order valence-electron chi connectivity index (χ0n) is 10.1. The van der Waals surface area contributed by atoms with E-state index < -0.39 is 0 Å². The van der Waals surface area contributed by atoms with Crippen LogP contribution in [-0.4, -0.2) is 16.6 Å². The number of ether oxygens (including phenoxy) is 1. The number of fused-ring (bicyclic) bond motifs is 1. The van der Waals surface area contributed by atoms with Gasteiger partial charge in [-0.1, -0.05) is 18.2 Å². The smallest absolute Gasteiger partial charge is 0.224 e. The molecule has 0 amide bonds. The van der Waals surface area contributed by atoms with Crippen LogP contribution in [0.4, 0.5) is 11.5 Å². The molecule has 0 spiro atoms. The highest BCUT2D eigenvalue weighted by atomic mass is 35.5. The molecule has 0 fully saturated rings. The molecule has 3 rings (SSSR count). The number of para-hydroxylation sites is 1. The van der Waals surface area contributed by atoms with E-state index in [9.17, 15) is 0 Å². The van der Waals surface area contributed by atoms with E-state index in [1.807, 2.05) is 24.3 Å². The van der Waals surface area contributed by atoms with Crippen molar-refractivity contribution >= 4 is 23.1 Å². The zero-order chi connectivity index (χ0) is 13.2. The van der Waals surface area contributed by atoms with Crippen LogP contribution in [0.1, 0.15) is 18.0 Å². The van der Waals surface area contributed by atoms with Crippen LogP contribution in [0.3, 0.4) is 0 Å². The molecule has 0 bridgehead atoms. The van der Waals surface area contributed by atoms with Crippen molar-refractivity contribution in [3.8, 4) is 5.75 Å². The fourth-order valence-corrected chi connectivity index (χ4v) is 2.28. The normalized spacial score (nSPS) is 17.4. The van der Waals surface area contributed by atoms with Crippen molar-refractivity contribution in [2.24, 2.45) is 0 Å². The van der Waals surface area contributed by atoms with Crippen LogP contribution in [0.5, 0.6) is 5.75 Å². The third-order valence-corrected chi connectivity index (χ3v) is 3.24. The highest BCUT2D eigenvalue weighted by Gasteiger charge is 2.21. The number of hydrogen-bond acceptors (Lipinski definition) is 5. The average Bonchev–Trinajstić information content (AvgIpc) is 2.43. The first-order valence-corrected chi connectivity index (χ1v) is 6.38. The number of nitrogens with zero attached hydrogens (tertiary/aromatic N) is 2. The molecule has 5 nitrogen and oxygen atoms in total. The summed E-state index contributed by atoms with van der Waals surface area (Å²) in [4.78, 5) is 7.96. The third kappa shape index (κ3) is 2.42. The quantitative estimate of drug-likeness (QED) is 0.825. The summed E-state index contributed by atoms with van der Waals surface area (Å²) in [6.07, 6.45) is 2.35. The van der Waals surface area contributed by atoms with Gasteiger partial charge in [-0.15, -0.1) is 0 Å². The molecule has 3 N–H and O–H groups in total. The maximum absolute atomic E-state index is 5.85. The van der Waals surface area contributed by atoms with E-state index in [-0.39, 0.29) is 11.3 Å². The van der Waals surface area contributed by atoms with Crippen LogP contribution in [0.15, 0.2) is 30.5 Å². The van der Waals surface area contributed by atoms with Crippen molar-refractivity contribution in [3.05, 3.63) is 41.3 Å². The van der Waals surface area contributed by atoms with Gasteiger partial charge in [0, 0.05) is 12.0 Å². The van der Waals surface area contributed by atoms with E-state index in [1.54, 1.807) is 0 Å². The van der Waals surface area contributed by atoms with Crippen molar-refractivity contribution in [1.82, 2.24) is 9.97 Å². The van der Waals surface area contributed by atoms with Gasteiger partial charge in [0.15, 0.2) is 5.82 Å². The molecule has 0 radical (unpaired) electrons. The number of aromatic nitrogens is 2. The number of rotatable bonds is 2. The minimum Gasteiger partial charge on any atom is -0.493 e. The van der Waals surface area contributed by atoms with E-state index in [1.165, 1.54) is 6.20 Å². The van der Waals surface area contributed by atoms with Gasteiger partial charge in [-0.2, -0.15) is 4.98 Å². The van der Waals surface area contributed by atoms with Gasteiger partial charge in [0.1, 0.15) is 5.75 Å². The molecule has 19 heavy (non-hydrogen) atoms. The van der Waals surface area contributed by atoms with E-state index in [2.05, 4.69) is 15.3 Å². The lowest BCUT2D eigenvalue weighted by Gasteiger charge is -2.27. The number of nitrogens with two attached hydrogens (primary N) is 1. The van der Waals surface area contributed by atoms with Gasteiger partial charge in [0.25, 0.3) is 0 Å². The largest absolute Gasteiger partial charge is 0.493 e. The summed E-state index contributed by atoms with van der Waals surface area (Å²) < 4.78 is 5.62. The summed E-state index contributed by atoms with van der Waals surface area (Å²) in [5, 5.41) is 3.48. The van der Waals surface area contributed by atoms with E-state index >= 15 is 0 Å². The fraction of sp³-hybridized carbons (Fsp3) is 0.231. The van der Waals surface area contributed by atoms with Gasteiger partial charge in [-0.05, 0) is 17.7 Å². The minimum atomic E-state index is 0.109. The zero-order valence-corrected chi connectivity index (χ0v) is 10.9. The second-order valence-corrected chi connectivity index (χ2v) is 4.65. The number of nitrogens with one attached hydrogen (secondary N) is 1. The highest BCUT2D eigenvalue weighted by molar-refractivity contribution is 6.28. The highest BCUT2D eigenvalue weighted by Crippen LogP contribution is 2.34. The maximum Gasteiger partial charge on any atom is 0.224 e. The Morgan fingerprint density at radius 1 is 1.37 bits per heavy atom. The molecule has 1 unspecified atom stereocenters. The summed E-state index contributed by atoms with van der Waals surface area (Å²) >= 11 is 5.79. The molecular formula is C13H13ClN4O. The lowest BCUT2D eigenvalue weighted by Crippen LogP contribution is -2.21. The lowest BCUT2D eigenvalue weighted by molar-refractivity contribution is 0.274. The average molecular weight is 277 g/mol. The molecule has 2 heterocycles. The third-order valence-electron chi connectivity index (χ3n) is 3.06. The Bertz CT molecular complexity index is 605. The molecule has 0 saturated carbocycles. The van der Waals surface area contributed by atoms with E-state index in [0.29, 0.717) is 18.1 Å². The Kier molecular flexibility index (Phi) is 3.13. The van der Waals surface area contributed by atoms with Crippen LogP contribution < -0.4 is 15.8 Å². The number of hydrogen-bond donors (Lipinski definition) is 2. The topological polar surface area (TPSA) is 73.1 Å². The van der Waals surface area contributed by atoms with Crippen molar-refractivity contribution < 1.29 is 4.74 Å². The van der Waals surface area contributed by atoms with Gasteiger partial charge in [0.2, 0.25) is 5.28 Å². The van der Waals surface area contributed by atoms with Crippen molar-refractivity contribution in [2.45, 2.75) is 12.5 Å². The summed E-state index contributed by atoms with van der Waals surface area (Å²) in [7, 11) is 0. The van der Waals surface area contributed by atoms with Crippen molar-refractivity contribution in [3.63, 3.8) is 0 Å². The van der Waals surface area contributed by atoms with Crippen LogP contribution in [0.2, 0.25) is 5.28 Å².